The number of rotatable bonds is 8. The molecular formula is C29H29ClN8O2. The number of carbonyl (C=O) groups excluding carboxylic acids is 2. The van der Waals surface area contributed by atoms with E-state index in [1.807, 2.05) is 30.3 Å². The van der Waals surface area contributed by atoms with E-state index in [1.165, 1.54) is 6.08 Å². The van der Waals surface area contributed by atoms with Gasteiger partial charge in [-0.2, -0.15) is 0 Å². The van der Waals surface area contributed by atoms with Crippen molar-refractivity contribution in [1.29, 1.82) is 0 Å². The van der Waals surface area contributed by atoms with Crippen LogP contribution in [0.1, 0.15) is 5.56 Å². The van der Waals surface area contributed by atoms with Crippen molar-refractivity contribution in [2.45, 2.75) is 6.42 Å². The van der Waals surface area contributed by atoms with Crippen molar-refractivity contribution in [3.05, 3.63) is 78.1 Å². The van der Waals surface area contributed by atoms with E-state index < -0.39 is 5.91 Å². The zero-order chi connectivity index (χ0) is 28.2. The molecule has 0 radical (unpaired) electrons. The lowest BCUT2D eigenvalue weighted by atomic mass is 9.97. The van der Waals surface area contributed by atoms with Crippen LogP contribution in [0.25, 0.3) is 22.2 Å². The number of aromatic nitrogens is 3. The lowest BCUT2D eigenvalue weighted by Gasteiger charge is -2.34. The third-order valence-electron chi connectivity index (χ3n) is 6.74. The Morgan fingerprint density at radius 2 is 1.90 bits per heavy atom. The number of pyridine rings is 1. The number of halogens is 1. The fourth-order valence-corrected chi connectivity index (χ4v) is 4.87. The van der Waals surface area contributed by atoms with Gasteiger partial charge in [0.1, 0.15) is 0 Å². The number of nitrogens with two attached hydrogens (primary N) is 1. The minimum Gasteiger partial charge on any atom is -0.369 e. The number of anilines is 4. The Balaban J connectivity index is 1.51. The molecule has 0 spiro atoms. The van der Waals surface area contributed by atoms with Crippen LogP contribution in [0.5, 0.6) is 0 Å². The molecule has 0 unspecified atom stereocenters. The van der Waals surface area contributed by atoms with Crippen LogP contribution in [0.2, 0.25) is 5.02 Å². The SMILES string of the molecule is C=CC(=O)Nc1ccnc(-c2c(CC(N)=O)ccc3cnc(Nc4ccc(N5CCN(C)CC5)cc4Cl)nc23)c1. The van der Waals surface area contributed by atoms with Crippen molar-refractivity contribution in [1.82, 2.24) is 19.9 Å². The topological polar surface area (TPSA) is 129 Å². The molecule has 0 aliphatic carbocycles. The van der Waals surface area contributed by atoms with Crippen molar-refractivity contribution in [3.8, 4) is 11.3 Å². The third-order valence-corrected chi connectivity index (χ3v) is 7.05. The fraction of sp³-hybridized carbons (Fsp3) is 0.207. The molecular weight excluding hydrogens is 528 g/mol. The maximum absolute atomic E-state index is 11.9. The number of fused-ring (bicyclic) bond motifs is 1. The molecule has 40 heavy (non-hydrogen) atoms. The minimum atomic E-state index is -0.489. The van der Waals surface area contributed by atoms with Gasteiger partial charge in [0.25, 0.3) is 0 Å². The largest absolute Gasteiger partial charge is 0.369 e. The van der Waals surface area contributed by atoms with Gasteiger partial charge in [0.2, 0.25) is 17.8 Å². The van der Waals surface area contributed by atoms with Crippen LogP contribution in [0, 0.1) is 0 Å². The summed E-state index contributed by atoms with van der Waals surface area (Å²) in [7, 11) is 2.12. The lowest BCUT2D eigenvalue weighted by molar-refractivity contribution is -0.117. The van der Waals surface area contributed by atoms with Gasteiger partial charge >= 0.3 is 0 Å². The maximum Gasteiger partial charge on any atom is 0.247 e. The third kappa shape index (κ3) is 6.03. The summed E-state index contributed by atoms with van der Waals surface area (Å²) < 4.78 is 0. The maximum atomic E-state index is 11.9. The smallest absolute Gasteiger partial charge is 0.247 e. The molecule has 2 aromatic carbocycles. The van der Waals surface area contributed by atoms with Gasteiger partial charge in [0.05, 0.1) is 28.3 Å². The van der Waals surface area contributed by atoms with Crippen molar-refractivity contribution < 1.29 is 9.59 Å². The van der Waals surface area contributed by atoms with Crippen LogP contribution in [0.4, 0.5) is 23.0 Å². The molecule has 3 heterocycles. The van der Waals surface area contributed by atoms with Gasteiger partial charge in [0, 0.05) is 60.9 Å². The summed E-state index contributed by atoms with van der Waals surface area (Å²) in [6.07, 6.45) is 4.44. The van der Waals surface area contributed by atoms with Gasteiger partial charge in [0.15, 0.2) is 0 Å². The monoisotopic (exact) mass is 556 g/mol. The van der Waals surface area contributed by atoms with Crippen molar-refractivity contribution in [2.75, 3.05) is 48.8 Å². The molecule has 1 aliphatic heterocycles. The molecule has 5 rings (SSSR count). The first-order valence-electron chi connectivity index (χ1n) is 12.8. The number of amides is 2. The highest BCUT2D eigenvalue weighted by atomic mass is 35.5. The second kappa shape index (κ2) is 11.7. The fourth-order valence-electron chi connectivity index (χ4n) is 4.65. The first kappa shape index (κ1) is 27.0. The Morgan fingerprint density at radius 3 is 2.62 bits per heavy atom. The Bertz CT molecular complexity index is 1600. The highest BCUT2D eigenvalue weighted by Gasteiger charge is 2.18. The van der Waals surface area contributed by atoms with Gasteiger partial charge in [-0.1, -0.05) is 30.3 Å². The summed E-state index contributed by atoms with van der Waals surface area (Å²) >= 11 is 6.67. The predicted octanol–water partition coefficient (Wildman–Crippen LogP) is 3.99. The van der Waals surface area contributed by atoms with Crippen molar-refractivity contribution in [3.63, 3.8) is 0 Å². The van der Waals surface area contributed by atoms with E-state index in [0.717, 1.165) is 37.3 Å². The van der Waals surface area contributed by atoms with E-state index in [9.17, 15) is 9.59 Å². The van der Waals surface area contributed by atoms with Crippen LogP contribution in [-0.2, 0) is 16.0 Å². The quantitative estimate of drug-likeness (QED) is 0.278. The Morgan fingerprint density at radius 1 is 1.10 bits per heavy atom. The van der Waals surface area contributed by atoms with Crippen molar-refractivity contribution >= 4 is 57.3 Å². The van der Waals surface area contributed by atoms with E-state index in [0.29, 0.717) is 44.7 Å². The lowest BCUT2D eigenvalue weighted by Crippen LogP contribution is -2.44. The number of piperazine rings is 1. The average molecular weight is 557 g/mol. The number of carbonyl (C=O) groups is 2. The molecule has 2 amide bonds. The highest BCUT2D eigenvalue weighted by Crippen LogP contribution is 2.34. The zero-order valence-corrected chi connectivity index (χ0v) is 22.8. The van der Waals surface area contributed by atoms with Crippen LogP contribution in [-0.4, -0.2) is 64.9 Å². The van der Waals surface area contributed by atoms with Crippen LogP contribution in [0.15, 0.2) is 67.5 Å². The first-order valence-corrected chi connectivity index (χ1v) is 13.2. The molecule has 1 saturated heterocycles. The zero-order valence-electron chi connectivity index (χ0n) is 22.0. The van der Waals surface area contributed by atoms with E-state index in [-0.39, 0.29) is 12.3 Å². The summed E-state index contributed by atoms with van der Waals surface area (Å²) in [5, 5.41) is 7.26. The molecule has 0 saturated carbocycles. The van der Waals surface area contributed by atoms with E-state index in [1.54, 1.807) is 24.5 Å². The number of nitrogens with one attached hydrogen (secondary N) is 2. The highest BCUT2D eigenvalue weighted by molar-refractivity contribution is 6.33. The molecule has 4 N–H and O–H groups in total. The number of likely N-dealkylation sites (N-methyl/N-ethyl adjacent to an activating group) is 1. The second-order valence-electron chi connectivity index (χ2n) is 9.58. The van der Waals surface area contributed by atoms with Crippen LogP contribution < -0.4 is 21.3 Å². The van der Waals surface area contributed by atoms with E-state index in [2.05, 4.69) is 44.0 Å². The first-order chi connectivity index (χ1) is 19.3. The molecule has 4 aromatic rings. The van der Waals surface area contributed by atoms with Gasteiger partial charge < -0.3 is 26.2 Å². The normalized spacial score (nSPS) is 13.7. The summed E-state index contributed by atoms with van der Waals surface area (Å²) in [5.74, 6) is -0.511. The number of benzene rings is 2. The van der Waals surface area contributed by atoms with Gasteiger partial charge in [-0.25, -0.2) is 9.97 Å². The molecule has 1 aliphatic rings. The van der Waals surface area contributed by atoms with E-state index >= 15 is 0 Å². The minimum absolute atomic E-state index is 0.0114. The Hall–Kier alpha value is -4.54. The Labute approximate surface area is 236 Å². The number of hydrogen-bond donors (Lipinski definition) is 3. The van der Waals surface area contributed by atoms with E-state index in [4.69, 9.17) is 22.3 Å². The number of primary amides is 1. The number of nitrogens with zero attached hydrogens (tertiary/aromatic N) is 5. The molecule has 2 aromatic heterocycles. The summed E-state index contributed by atoms with van der Waals surface area (Å²) in [5.41, 5.74) is 10.2. The second-order valence-corrected chi connectivity index (χ2v) is 9.98. The molecule has 10 nitrogen and oxygen atoms in total. The van der Waals surface area contributed by atoms with Gasteiger partial charge in [-0.05, 0) is 49.0 Å². The molecule has 1 fully saturated rings. The molecule has 11 heteroatoms. The predicted molar refractivity (Wildman–Crippen MR) is 159 cm³/mol. The standard InChI is InChI=1S/C29H29ClN8O2/c1-3-26(40)34-20-8-9-32-24(15-20)27-18(14-25(31)39)4-5-19-17-33-29(36-28(19)27)35-23-7-6-21(16-22(23)30)38-12-10-37(2)11-13-38/h3-9,15-17H,1,10-14H2,2H3,(H2,31,39)(H,32,34,40)(H,33,35,36). The summed E-state index contributed by atoms with van der Waals surface area (Å²) in [6.45, 7) is 7.37. The van der Waals surface area contributed by atoms with Crippen LogP contribution in [0.3, 0.4) is 0 Å². The molecule has 0 atom stereocenters. The van der Waals surface area contributed by atoms with Crippen LogP contribution >= 0.6 is 11.6 Å². The van der Waals surface area contributed by atoms with Gasteiger partial charge in [-0.3, -0.25) is 14.6 Å². The molecule has 204 valence electrons. The number of hydrogen-bond acceptors (Lipinski definition) is 8. The van der Waals surface area contributed by atoms with Crippen molar-refractivity contribution in [2.24, 2.45) is 5.73 Å². The molecule has 0 bridgehead atoms. The summed E-state index contributed by atoms with van der Waals surface area (Å²) in [6, 6.07) is 12.9. The Kier molecular flexibility index (Phi) is 7.90. The summed E-state index contributed by atoms with van der Waals surface area (Å²) in [4.78, 5) is 42.2. The van der Waals surface area contributed by atoms with Gasteiger partial charge in [-0.15, -0.1) is 0 Å². The average Bonchev–Trinajstić information content (AvgIpc) is 2.94.